The molecule has 2 heterocycles. The highest BCUT2D eigenvalue weighted by molar-refractivity contribution is 6.33. The lowest BCUT2D eigenvalue weighted by Gasteiger charge is -2.30. The summed E-state index contributed by atoms with van der Waals surface area (Å²) in [5, 5.41) is 3.53. The molecule has 1 aromatic carbocycles. The van der Waals surface area contributed by atoms with Gasteiger partial charge in [-0.05, 0) is 52.2 Å². The number of aromatic nitrogens is 1. The van der Waals surface area contributed by atoms with E-state index in [0.717, 1.165) is 12.8 Å². The predicted octanol–water partition coefficient (Wildman–Crippen LogP) is 5.51. The van der Waals surface area contributed by atoms with E-state index in [4.69, 9.17) is 25.8 Å². The maximum Gasteiger partial charge on any atom is 0.407 e. The molecule has 6 nitrogen and oxygen atoms in total. The van der Waals surface area contributed by atoms with Gasteiger partial charge in [-0.2, -0.15) is 0 Å². The van der Waals surface area contributed by atoms with Gasteiger partial charge in [0.15, 0.2) is 11.6 Å². The smallest absolute Gasteiger partial charge is 0.407 e. The number of alkyl carbamates (subject to hydrolysis) is 1. The van der Waals surface area contributed by atoms with Crippen LogP contribution in [0.15, 0.2) is 24.4 Å². The number of nitrogens with one attached hydrogen (secondary N) is 1. The van der Waals surface area contributed by atoms with Gasteiger partial charge in [0.25, 0.3) is 0 Å². The summed E-state index contributed by atoms with van der Waals surface area (Å²) >= 11 is 6.30. The number of halogens is 2. The second-order valence-electron chi connectivity index (χ2n) is 8.51. The molecule has 1 fully saturated rings. The highest BCUT2D eigenvalue weighted by atomic mass is 35.5. The summed E-state index contributed by atoms with van der Waals surface area (Å²) < 4.78 is 31.1. The molecule has 1 amide bonds. The third-order valence-electron chi connectivity index (χ3n) is 4.92. The number of pyridine rings is 1. The van der Waals surface area contributed by atoms with E-state index in [9.17, 15) is 9.18 Å². The Labute approximate surface area is 186 Å². The predicted molar refractivity (Wildman–Crippen MR) is 119 cm³/mol. The molecular formula is C23H28ClFN2O4. The highest BCUT2D eigenvalue weighted by Gasteiger charge is 2.24. The fourth-order valence-electron chi connectivity index (χ4n) is 3.46. The first-order valence-electron chi connectivity index (χ1n) is 10.3. The summed E-state index contributed by atoms with van der Waals surface area (Å²) in [6, 6.07) is 3.17. The number of nitrogens with zero attached hydrogens (tertiary/aromatic N) is 1. The number of methoxy groups -OCH3 is 1. The first-order valence-corrected chi connectivity index (χ1v) is 10.6. The van der Waals surface area contributed by atoms with Crippen molar-refractivity contribution >= 4 is 34.7 Å². The van der Waals surface area contributed by atoms with Crippen molar-refractivity contribution < 1.29 is 23.4 Å². The summed E-state index contributed by atoms with van der Waals surface area (Å²) in [6.45, 7) is 5.90. The Kier molecular flexibility index (Phi) is 7.38. The molecule has 2 aromatic rings. The Balaban J connectivity index is 1.60. The number of amides is 1. The number of benzene rings is 1. The molecule has 0 bridgehead atoms. The van der Waals surface area contributed by atoms with E-state index in [-0.39, 0.29) is 17.9 Å². The van der Waals surface area contributed by atoms with Crippen LogP contribution in [0, 0.1) is 5.82 Å². The molecule has 1 N–H and O–H groups in total. The second-order valence-corrected chi connectivity index (χ2v) is 8.92. The molecule has 0 saturated carbocycles. The van der Waals surface area contributed by atoms with Crippen LogP contribution in [-0.2, 0) is 9.47 Å². The van der Waals surface area contributed by atoms with Crippen LogP contribution in [0.25, 0.3) is 17.0 Å². The molecule has 2 unspecified atom stereocenters. The van der Waals surface area contributed by atoms with Crippen LogP contribution in [0.2, 0.25) is 5.02 Å². The summed E-state index contributed by atoms with van der Waals surface area (Å²) in [7, 11) is 1.42. The minimum Gasteiger partial charge on any atom is -0.494 e. The van der Waals surface area contributed by atoms with Crippen LogP contribution in [-0.4, -0.2) is 42.5 Å². The van der Waals surface area contributed by atoms with Gasteiger partial charge in [-0.15, -0.1) is 0 Å². The van der Waals surface area contributed by atoms with Gasteiger partial charge in [0, 0.05) is 17.1 Å². The largest absolute Gasteiger partial charge is 0.494 e. The summed E-state index contributed by atoms with van der Waals surface area (Å²) in [5.74, 6) is -0.343. The average Bonchev–Trinajstić information content (AvgIpc) is 2.70. The topological polar surface area (TPSA) is 69.7 Å². The number of rotatable bonds is 5. The van der Waals surface area contributed by atoms with E-state index in [1.807, 2.05) is 26.8 Å². The lowest BCUT2D eigenvalue weighted by molar-refractivity contribution is -0.00608. The van der Waals surface area contributed by atoms with Gasteiger partial charge in [-0.3, -0.25) is 4.98 Å². The van der Waals surface area contributed by atoms with Crippen molar-refractivity contribution in [2.45, 2.75) is 57.8 Å². The van der Waals surface area contributed by atoms with Crippen LogP contribution in [0.4, 0.5) is 9.18 Å². The molecular weight excluding hydrogens is 423 g/mol. The van der Waals surface area contributed by atoms with Crippen LogP contribution in [0.1, 0.15) is 45.6 Å². The van der Waals surface area contributed by atoms with E-state index < -0.39 is 17.5 Å². The van der Waals surface area contributed by atoms with Crippen molar-refractivity contribution in [1.29, 1.82) is 0 Å². The van der Waals surface area contributed by atoms with E-state index in [0.29, 0.717) is 34.5 Å². The normalized spacial score (nSPS) is 19.5. The third kappa shape index (κ3) is 6.08. The van der Waals surface area contributed by atoms with Gasteiger partial charge in [0.05, 0.1) is 36.4 Å². The Morgan fingerprint density at radius 2 is 2.16 bits per heavy atom. The van der Waals surface area contributed by atoms with Gasteiger partial charge in [-0.25, -0.2) is 9.18 Å². The average molecular weight is 451 g/mol. The van der Waals surface area contributed by atoms with E-state index >= 15 is 0 Å². The Morgan fingerprint density at radius 3 is 2.81 bits per heavy atom. The highest BCUT2D eigenvalue weighted by Crippen LogP contribution is 2.32. The van der Waals surface area contributed by atoms with Crippen LogP contribution < -0.4 is 10.1 Å². The van der Waals surface area contributed by atoms with Crippen molar-refractivity contribution in [1.82, 2.24) is 10.3 Å². The van der Waals surface area contributed by atoms with Crippen molar-refractivity contribution in [3.63, 3.8) is 0 Å². The Bertz CT molecular complexity index is 966. The molecule has 0 aliphatic carbocycles. The maximum atomic E-state index is 14.8. The number of ether oxygens (including phenoxy) is 3. The van der Waals surface area contributed by atoms with E-state index in [1.54, 1.807) is 18.2 Å². The first-order chi connectivity index (χ1) is 14.7. The van der Waals surface area contributed by atoms with Gasteiger partial charge >= 0.3 is 6.09 Å². The van der Waals surface area contributed by atoms with Gasteiger partial charge < -0.3 is 19.5 Å². The minimum atomic E-state index is -0.533. The molecule has 1 aliphatic rings. The van der Waals surface area contributed by atoms with Crippen LogP contribution in [0.3, 0.4) is 0 Å². The maximum absolute atomic E-state index is 14.8. The number of carbonyl (C=O) groups excluding carboxylic acids is 1. The third-order valence-corrected chi connectivity index (χ3v) is 5.22. The molecule has 168 valence electrons. The fraction of sp³-hybridized carbons (Fsp3) is 0.478. The van der Waals surface area contributed by atoms with Crippen LogP contribution in [0.5, 0.6) is 5.75 Å². The summed E-state index contributed by atoms with van der Waals surface area (Å²) in [4.78, 5) is 16.1. The molecule has 3 rings (SSSR count). The Hall–Kier alpha value is -2.38. The minimum absolute atomic E-state index is 0.0131. The molecule has 0 spiro atoms. The first kappa shape index (κ1) is 23.3. The van der Waals surface area contributed by atoms with Gasteiger partial charge in [0.2, 0.25) is 0 Å². The lowest BCUT2D eigenvalue weighted by atomic mass is 10.0. The van der Waals surface area contributed by atoms with Crippen molar-refractivity contribution in [3.05, 3.63) is 40.8 Å². The zero-order valence-electron chi connectivity index (χ0n) is 18.2. The summed E-state index contributed by atoms with van der Waals surface area (Å²) in [5.41, 5.74) is 0.533. The van der Waals surface area contributed by atoms with Crippen molar-refractivity contribution in [2.24, 2.45) is 0 Å². The molecule has 1 aromatic heterocycles. The molecule has 1 saturated heterocycles. The zero-order chi connectivity index (χ0) is 22.6. The molecule has 2 atom stereocenters. The van der Waals surface area contributed by atoms with Gasteiger partial charge in [-0.1, -0.05) is 23.8 Å². The molecule has 1 aliphatic heterocycles. The SMILES string of the molecule is COc1ccc2ncc(Cl)c(C=CCC3CCC(NC(=O)OC(C)(C)C)CO3)c2c1F. The van der Waals surface area contributed by atoms with Gasteiger partial charge in [0.1, 0.15) is 5.60 Å². The Morgan fingerprint density at radius 1 is 1.39 bits per heavy atom. The lowest BCUT2D eigenvalue weighted by Crippen LogP contribution is -2.44. The van der Waals surface area contributed by atoms with E-state index in [1.165, 1.54) is 13.3 Å². The van der Waals surface area contributed by atoms with Crippen LogP contribution >= 0.6 is 11.6 Å². The summed E-state index contributed by atoms with van der Waals surface area (Å²) in [6.07, 6.45) is 7.04. The standard InChI is InChI=1S/C23H28ClFN2O4/c1-23(2,3)31-22(28)27-14-8-9-15(30-13-14)6-5-7-16-17(24)12-26-18-10-11-19(29-4)21(25)20(16)18/h5,7,10-12,14-15H,6,8-9,13H2,1-4H3,(H,27,28). The number of fused-ring (bicyclic) bond motifs is 1. The second kappa shape index (κ2) is 9.83. The number of carbonyl (C=O) groups is 1. The molecule has 8 heteroatoms. The van der Waals surface area contributed by atoms with Crippen molar-refractivity contribution in [2.75, 3.05) is 13.7 Å². The number of hydrogen-bond donors (Lipinski definition) is 1. The zero-order valence-corrected chi connectivity index (χ0v) is 19.0. The van der Waals surface area contributed by atoms with E-state index in [2.05, 4.69) is 10.3 Å². The molecule has 0 radical (unpaired) electrons. The monoisotopic (exact) mass is 450 g/mol. The number of hydrogen-bond acceptors (Lipinski definition) is 5. The molecule has 31 heavy (non-hydrogen) atoms. The quantitative estimate of drug-likeness (QED) is 0.650. The fourth-order valence-corrected chi connectivity index (χ4v) is 3.67. The van der Waals surface area contributed by atoms with Crippen molar-refractivity contribution in [3.8, 4) is 5.75 Å².